The van der Waals surface area contributed by atoms with Crippen molar-refractivity contribution in [3.05, 3.63) is 42.2 Å². The molecule has 122 valence electrons. The van der Waals surface area contributed by atoms with Crippen molar-refractivity contribution in [1.82, 2.24) is 19.8 Å². The van der Waals surface area contributed by atoms with Gasteiger partial charge in [-0.15, -0.1) is 0 Å². The molecule has 0 aliphatic carbocycles. The third-order valence-corrected chi connectivity index (χ3v) is 4.60. The number of carbonyl (C=O) groups excluding carboxylic acids is 1. The molecule has 1 amide bonds. The Morgan fingerprint density at radius 2 is 2.17 bits per heavy atom. The summed E-state index contributed by atoms with van der Waals surface area (Å²) in [6.45, 7) is 1.67. The molecular formula is C18H24N4O. The van der Waals surface area contributed by atoms with Crippen LogP contribution in [-0.2, 0) is 0 Å². The second kappa shape index (κ2) is 6.96. The number of amides is 1. The highest BCUT2D eigenvalue weighted by molar-refractivity contribution is 5.95. The Labute approximate surface area is 137 Å². The van der Waals surface area contributed by atoms with Crippen LogP contribution in [-0.4, -0.2) is 58.9 Å². The number of carbonyl (C=O) groups is 1. The van der Waals surface area contributed by atoms with Gasteiger partial charge in [0.2, 0.25) is 0 Å². The van der Waals surface area contributed by atoms with Crippen molar-refractivity contribution in [1.29, 1.82) is 0 Å². The Kier molecular flexibility index (Phi) is 4.76. The first-order valence-corrected chi connectivity index (χ1v) is 8.20. The summed E-state index contributed by atoms with van der Waals surface area (Å²) in [5.41, 5.74) is 1.68. The van der Waals surface area contributed by atoms with Gasteiger partial charge in [0.1, 0.15) is 5.82 Å². The van der Waals surface area contributed by atoms with Gasteiger partial charge in [0, 0.05) is 42.7 Å². The molecule has 5 nitrogen and oxygen atoms in total. The van der Waals surface area contributed by atoms with E-state index < -0.39 is 0 Å². The molecule has 1 atom stereocenters. The maximum Gasteiger partial charge on any atom is 0.253 e. The second-order valence-corrected chi connectivity index (χ2v) is 6.36. The maximum absolute atomic E-state index is 12.8. The average molecular weight is 312 g/mol. The van der Waals surface area contributed by atoms with E-state index in [4.69, 9.17) is 0 Å². The van der Waals surface area contributed by atoms with E-state index in [0.29, 0.717) is 6.04 Å². The van der Waals surface area contributed by atoms with Gasteiger partial charge in [-0.3, -0.25) is 4.79 Å². The van der Waals surface area contributed by atoms with Gasteiger partial charge in [0.25, 0.3) is 5.91 Å². The van der Waals surface area contributed by atoms with Crippen LogP contribution >= 0.6 is 0 Å². The summed E-state index contributed by atoms with van der Waals surface area (Å²) in [7, 11) is 4.24. The van der Waals surface area contributed by atoms with Crippen molar-refractivity contribution < 1.29 is 4.79 Å². The number of H-pyrrole nitrogens is 1. The second-order valence-electron chi connectivity index (χ2n) is 6.36. The third kappa shape index (κ3) is 3.62. The molecule has 0 spiro atoms. The molecule has 1 aliphatic rings. The van der Waals surface area contributed by atoms with Crippen LogP contribution in [0.15, 0.2) is 36.7 Å². The topological polar surface area (TPSA) is 52.2 Å². The van der Waals surface area contributed by atoms with Crippen LogP contribution in [0.4, 0.5) is 0 Å². The molecule has 1 aliphatic heterocycles. The van der Waals surface area contributed by atoms with Gasteiger partial charge in [-0.2, -0.15) is 0 Å². The SMILES string of the molecule is CN(C)[C@H]1CCCN(C(=O)c2cccc(-c3ncc[nH]3)c2)CC1. The largest absolute Gasteiger partial charge is 0.345 e. The number of benzene rings is 1. The molecule has 1 aromatic carbocycles. The standard InChI is InChI=1S/C18H24N4O/c1-21(2)16-7-4-11-22(12-8-16)18(23)15-6-3-5-14(13-15)17-19-9-10-20-17/h3,5-6,9-10,13,16H,4,7-8,11-12H2,1-2H3,(H,19,20)/t16-/m0/s1. The smallest absolute Gasteiger partial charge is 0.253 e. The summed E-state index contributed by atoms with van der Waals surface area (Å²) in [6.07, 6.45) is 6.77. The lowest BCUT2D eigenvalue weighted by molar-refractivity contribution is 0.0758. The number of likely N-dealkylation sites (tertiary alicyclic amines) is 1. The van der Waals surface area contributed by atoms with Crippen molar-refractivity contribution >= 4 is 5.91 Å². The summed E-state index contributed by atoms with van der Waals surface area (Å²) in [4.78, 5) is 24.4. The highest BCUT2D eigenvalue weighted by atomic mass is 16.2. The first-order valence-electron chi connectivity index (χ1n) is 8.20. The van der Waals surface area contributed by atoms with Crippen LogP contribution in [0, 0.1) is 0 Å². The van der Waals surface area contributed by atoms with Gasteiger partial charge < -0.3 is 14.8 Å². The molecule has 23 heavy (non-hydrogen) atoms. The zero-order valence-corrected chi connectivity index (χ0v) is 13.8. The van der Waals surface area contributed by atoms with Crippen LogP contribution in [0.2, 0.25) is 0 Å². The molecule has 0 bridgehead atoms. The minimum Gasteiger partial charge on any atom is -0.345 e. The lowest BCUT2D eigenvalue weighted by atomic mass is 10.1. The molecule has 2 heterocycles. The molecule has 0 saturated carbocycles. The van der Waals surface area contributed by atoms with E-state index in [2.05, 4.69) is 29.0 Å². The molecule has 5 heteroatoms. The van der Waals surface area contributed by atoms with Crippen LogP contribution in [0.1, 0.15) is 29.6 Å². The Morgan fingerprint density at radius 1 is 1.30 bits per heavy atom. The van der Waals surface area contributed by atoms with E-state index in [9.17, 15) is 4.79 Å². The van der Waals surface area contributed by atoms with E-state index in [1.165, 1.54) is 0 Å². The Balaban J connectivity index is 1.74. The number of rotatable bonds is 3. The molecule has 1 saturated heterocycles. The first kappa shape index (κ1) is 15.7. The Hall–Kier alpha value is -2.14. The van der Waals surface area contributed by atoms with Gasteiger partial charge in [-0.1, -0.05) is 12.1 Å². The predicted octanol–water partition coefficient (Wildman–Crippen LogP) is 2.63. The number of imidazole rings is 1. The molecule has 2 aromatic rings. The number of aromatic nitrogens is 2. The number of hydrogen-bond acceptors (Lipinski definition) is 3. The molecule has 1 N–H and O–H groups in total. The van der Waals surface area contributed by atoms with Crippen LogP contribution in [0.25, 0.3) is 11.4 Å². The zero-order chi connectivity index (χ0) is 16.2. The van der Waals surface area contributed by atoms with Crippen molar-refractivity contribution in [2.75, 3.05) is 27.2 Å². The zero-order valence-electron chi connectivity index (χ0n) is 13.8. The van der Waals surface area contributed by atoms with Gasteiger partial charge in [0.05, 0.1) is 0 Å². The lowest BCUT2D eigenvalue weighted by Gasteiger charge is -2.23. The maximum atomic E-state index is 12.8. The number of hydrogen-bond donors (Lipinski definition) is 1. The van der Waals surface area contributed by atoms with Crippen LogP contribution < -0.4 is 0 Å². The molecular weight excluding hydrogens is 288 g/mol. The average Bonchev–Trinajstić information content (AvgIpc) is 2.98. The predicted molar refractivity (Wildman–Crippen MR) is 91.3 cm³/mol. The van der Waals surface area contributed by atoms with Gasteiger partial charge >= 0.3 is 0 Å². The summed E-state index contributed by atoms with van der Waals surface area (Å²) < 4.78 is 0. The summed E-state index contributed by atoms with van der Waals surface area (Å²) in [5, 5.41) is 0. The highest BCUT2D eigenvalue weighted by Crippen LogP contribution is 2.20. The molecule has 1 aromatic heterocycles. The van der Waals surface area contributed by atoms with E-state index in [1.807, 2.05) is 29.2 Å². The lowest BCUT2D eigenvalue weighted by Crippen LogP contribution is -2.33. The first-order chi connectivity index (χ1) is 11.1. The van der Waals surface area contributed by atoms with Gasteiger partial charge in [-0.05, 0) is 45.5 Å². The van der Waals surface area contributed by atoms with Gasteiger partial charge in [-0.25, -0.2) is 4.98 Å². The van der Waals surface area contributed by atoms with E-state index in [1.54, 1.807) is 12.4 Å². The number of nitrogens with one attached hydrogen (secondary N) is 1. The molecule has 1 fully saturated rings. The fraction of sp³-hybridized carbons (Fsp3) is 0.444. The van der Waals surface area contributed by atoms with E-state index in [-0.39, 0.29) is 5.91 Å². The Bertz CT molecular complexity index is 651. The van der Waals surface area contributed by atoms with Crippen molar-refractivity contribution in [2.45, 2.75) is 25.3 Å². The minimum absolute atomic E-state index is 0.123. The summed E-state index contributed by atoms with van der Waals surface area (Å²) in [6, 6.07) is 8.28. The van der Waals surface area contributed by atoms with E-state index in [0.717, 1.165) is 49.3 Å². The van der Waals surface area contributed by atoms with Crippen molar-refractivity contribution in [3.8, 4) is 11.4 Å². The van der Waals surface area contributed by atoms with Crippen LogP contribution in [0.3, 0.4) is 0 Å². The summed E-state index contributed by atoms with van der Waals surface area (Å²) in [5.74, 6) is 0.918. The Morgan fingerprint density at radius 3 is 2.91 bits per heavy atom. The minimum atomic E-state index is 0.123. The fourth-order valence-electron chi connectivity index (χ4n) is 3.20. The number of nitrogens with zero attached hydrogens (tertiary/aromatic N) is 3. The van der Waals surface area contributed by atoms with Crippen LogP contribution in [0.5, 0.6) is 0 Å². The number of aromatic amines is 1. The fourth-order valence-corrected chi connectivity index (χ4v) is 3.20. The molecule has 0 unspecified atom stereocenters. The normalized spacial score (nSPS) is 18.9. The quantitative estimate of drug-likeness (QED) is 0.948. The van der Waals surface area contributed by atoms with E-state index >= 15 is 0 Å². The molecule has 0 radical (unpaired) electrons. The highest BCUT2D eigenvalue weighted by Gasteiger charge is 2.22. The van der Waals surface area contributed by atoms with Crippen molar-refractivity contribution in [2.24, 2.45) is 0 Å². The summed E-state index contributed by atoms with van der Waals surface area (Å²) >= 11 is 0. The monoisotopic (exact) mass is 312 g/mol. The third-order valence-electron chi connectivity index (χ3n) is 4.60. The van der Waals surface area contributed by atoms with Gasteiger partial charge in [0.15, 0.2) is 0 Å². The molecule has 3 rings (SSSR count). The van der Waals surface area contributed by atoms with Crippen molar-refractivity contribution in [3.63, 3.8) is 0 Å².